The summed E-state index contributed by atoms with van der Waals surface area (Å²) in [6.07, 6.45) is 2.15. The number of amides is 1. The molecule has 0 saturated heterocycles. The summed E-state index contributed by atoms with van der Waals surface area (Å²) in [6.45, 7) is 6.73. The maximum Gasteiger partial charge on any atom is 0.264 e. The molecule has 0 spiro atoms. The van der Waals surface area contributed by atoms with Crippen molar-refractivity contribution in [2.75, 3.05) is 13.1 Å². The number of nitrogens with zero attached hydrogens (tertiary/aromatic N) is 2. The fourth-order valence-corrected chi connectivity index (χ4v) is 2.08. The van der Waals surface area contributed by atoms with E-state index >= 15 is 0 Å². The third-order valence-corrected chi connectivity index (χ3v) is 3.35. The van der Waals surface area contributed by atoms with E-state index in [9.17, 15) is 9.59 Å². The lowest BCUT2D eigenvalue weighted by atomic mass is 10.2. The molecule has 1 aliphatic rings. The van der Waals surface area contributed by atoms with E-state index < -0.39 is 0 Å². The highest BCUT2D eigenvalue weighted by atomic mass is 16.2. The first-order chi connectivity index (χ1) is 8.58. The topological polar surface area (TPSA) is 66.1 Å². The summed E-state index contributed by atoms with van der Waals surface area (Å²) in [6, 6.07) is 0. The summed E-state index contributed by atoms with van der Waals surface area (Å²) < 4.78 is 0. The molecule has 1 N–H and O–H groups in total. The minimum Gasteiger partial charge on any atom is -0.339 e. The number of carbonyl (C=O) groups is 1. The Balaban J connectivity index is 2.38. The molecule has 18 heavy (non-hydrogen) atoms. The number of rotatable bonds is 4. The maximum absolute atomic E-state index is 12.2. The normalized spacial score (nSPS) is 14.6. The van der Waals surface area contributed by atoms with Gasteiger partial charge in [-0.25, -0.2) is 4.98 Å². The van der Waals surface area contributed by atoms with E-state index in [1.54, 1.807) is 11.8 Å². The van der Waals surface area contributed by atoms with Crippen molar-refractivity contribution in [1.82, 2.24) is 14.9 Å². The van der Waals surface area contributed by atoms with Gasteiger partial charge in [-0.1, -0.05) is 0 Å². The van der Waals surface area contributed by atoms with Gasteiger partial charge in [0.2, 0.25) is 0 Å². The van der Waals surface area contributed by atoms with Crippen LogP contribution < -0.4 is 5.56 Å². The lowest BCUT2D eigenvalue weighted by Gasteiger charge is -2.19. The highest BCUT2D eigenvalue weighted by Gasteiger charge is 2.28. The van der Waals surface area contributed by atoms with Gasteiger partial charge in [-0.3, -0.25) is 9.59 Å². The molecule has 1 aromatic rings. The van der Waals surface area contributed by atoms with Crippen LogP contribution in [0.4, 0.5) is 0 Å². The van der Waals surface area contributed by atoms with Gasteiger partial charge in [0.25, 0.3) is 11.5 Å². The molecule has 1 aliphatic carbocycles. The van der Waals surface area contributed by atoms with Crippen molar-refractivity contribution in [2.45, 2.75) is 39.5 Å². The van der Waals surface area contributed by atoms with E-state index in [4.69, 9.17) is 0 Å². The van der Waals surface area contributed by atoms with Crippen molar-refractivity contribution < 1.29 is 4.79 Å². The van der Waals surface area contributed by atoms with Crippen molar-refractivity contribution in [3.05, 3.63) is 27.4 Å². The molecule has 0 unspecified atom stereocenters. The van der Waals surface area contributed by atoms with Crippen molar-refractivity contribution in [1.29, 1.82) is 0 Å². The van der Waals surface area contributed by atoms with Gasteiger partial charge in [-0.05, 0) is 33.6 Å². The molecule has 0 bridgehead atoms. The van der Waals surface area contributed by atoms with Crippen LogP contribution in [-0.2, 0) is 0 Å². The Hall–Kier alpha value is -1.65. The van der Waals surface area contributed by atoms with Crippen LogP contribution >= 0.6 is 0 Å². The molecule has 1 heterocycles. The standard InChI is InChI=1S/C13H19N3O2/c1-4-16(5-2)13(18)10-8(3)14-11(9-6-7-9)15-12(10)17/h9H,4-7H2,1-3H3,(H,14,15,17). The zero-order chi connectivity index (χ0) is 13.3. The number of carbonyl (C=O) groups excluding carboxylic acids is 1. The third kappa shape index (κ3) is 2.30. The van der Waals surface area contributed by atoms with E-state index in [1.807, 2.05) is 13.8 Å². The number of hydrogen-bond donors (Lipinski definition) is 1. The average molecular weight is 249 g/mol. The zero-order valence-corrected chi connectivity index (χ0v) is 11.1. The van der Waals surface area contributed by atoms with Gasteiger partial charge in [0.1, 0.15) is 11.4 Å². The van der Waals surface area contributed by atoms with Gasteiger partial charge in [0.05, 0.1) is 5.69 Å². The van der Waals surface area contributed by atoms with Crippen LogP contribution in [0, 0.1) is 6.92 Å². The number of aromatic amines is 1. The highest BCUT2D eigenvalue weighted by Crippen LogP contribution is 2.37. The van der Waals surface area contributed by atoms with Crippen LogP contribution in [0.1, 0.15) is 54.5 Å². The highest BCUT2D eigenvalue weighted by molar-refractivity contribution is 5.94. The Labute approximate surface area is 106 Å². The van der Waals surface area contributed by atoms with E-state index in [0.717, 1.165) is 18.7 Å². The molecule has 1 aromatic heterocycles. The zero-order valence-electron chi connectivity index (χ0n) is 11.1. The second kappa shape index (κ2) is 4.92. The number of nitrogens with one attached hydrogen (secondary N) is 1. The Morgan fingerprint density at radius 3 is 2.44 bits per heavy atom. The fraction of sp³-hybridized carbons (Fsp3) is 0.615. The summed E-state index contributed by atoms with van der Waals surface area (Å²) in [5.74, 6) is 0.885. The molecule has 0 aliphatic heterocycles. The van der Waals surface area contributed by atoms with Crippen molar-refractivity contribution in [3.63, 3.8) is 0 Å². The van der Waals surface area contributed by atoms with Gasteiger partial charge in [0.15, 0.2) is 0 Å². The Morgan fingerprint density at radius 1 is 1.39 bits per heavy atom. The summed E-state index contributed by atoms with van der Waals surface area (Å²) in [7, 11) is 0. The second-order valence-corrected chi connectivity index (χ2v) is 4.66. The van der Waals surface area contributed by atoms with Crippen molar-refractivity contribution >= 4 is 5.91 Å². The van der Waals surface area contributed by atoms with Crippen molar-refractivity contribution in [3.8, 4) is 0 Å². The van der Waals surface area contributed by atoms with Crippen LogP contribution in [-0.4, -0.2) is 33.9 Å². The molecule has 1 amide bonds. The number of aryl methyl sites for hydroxylation is 1. The first-order valence-electron chi connectivity index (χ1n) is 6.48. The Morgan fingerprint density at radius 2 is 2.00 bits per heavy atom. The van der Waals surface area contributed by atoms with Crippen LogP contribution in [0.3, 0.4) is 0 Å². The van der Waals surface area contributed by atoms with E-state index in [2.05, 4.69) is 9.97 Å². The SMILES string of the molecule is CCN(CC)C(=O)c1c(C)nc(C2CC2)[nH]c1=O. The predicted molar refractivity (Wildman–Crippen MR) is 68.8 cm³/mol. The fourth-order valence-electron chi connectivity index (χ4n) is 2.08. The summed E-state index contributed by atoms with van der Waals surface area (Å²) in [5, 5.41) is 0. The molecule has 1 saturated carbocycles. The smallest absolute Gasteiger partial charge is 0.264 e. The van der Waals surface area contributed by atoms with Gasteiger partial charge in [0, 0.05) is 19.0 Å². The minimum atomic E-state index is -0.304. The van der Waals surface area contributed by atoms with Crippen LogP contribution in [0.25, 0.3) is 0 Å². The van der Waals surface area contributed by atoms with Crippen LogP contribution in [0.15, 0.2) is 4.79 Å². The summed E-state index contributed by atoms with van der Waals surface area (Å²) in [4.78, 5) is 33.0. The average Bonchev–Trinajstić information content (AvgIpc) is 3.13. The van der Waals surface area contributed by atoms with Crippen LogP contribution in [0.5, 0.6) is 0 Å². The largest absolute Gasteiger partial charge is 0.339 e. The molecule has 1 fully saturated rings. The Bertz CT molecular complexity index is 513. The molecular weight excluding hydrogens is 230 g/mol. The lowest BCUT2D eigenvalue weighted by molar-refractivity contribution is 0.0770. The monoisotopic (exact) mass is 249 g/mol. The number of H-pyrrole nitrogens is 1. The van der Waals surface area contributed by atoms with Gasteiger partial charge < -0.3 is 9.88 Å². The summed E-state index contributed by atoms with van der Waals surface area (Å²) >= 11 is 0. The third-order valence-electron chi connectivity index (χ3n) is 3.35. The number of aromatic nitrogens is 2. The summed E-state index contributed by atoms with van der Waals surface area (Å²) in [5.41, 5.74) is 0.418. The molecule has 2 rings (SSSR count). The molecular formula is C13H19N3O2. The van der Waals surface area contributed by atoms with Crippen LogP contribution in [0.2, 0.25) is 0 Å². The molecule has 5 heteroatoms. The second-order valence-electron chi connectivity index (χ2n) is 4.66. The molecule has 0 atom stereocenters. The molecule has 5 nitrogen and oxygen atoms in total. The van der Waals surface area contributed by atoms with Gasteiger partial charge >= 0.3 is 0 Å². The quantitative estimate of drug-likeness (QED) is 0.878. The van der Waals surface area contributed by atoms with Crippen molar-refractivity contribution in [2.24, 2.45) is 0 Å². The lowest BCUT2D eigenvalue weighted by Crippen LogP contribution is -2.36. The first kappa shape index (κ1) is 12.8. The van der Waals surface area contributed by atoms with E-state index in [-0.39, 0.29) is 17.0 Å². The number of hydrogen-bond acceptors (Lipinski definition) is 3. The Kier molecular flexibility index (Phi) is 3.50. The van der Waals surface area contributed by atoms with E-state index in [1.165, 1.54) is 0 Å². The molecule has 98 valence electrons. The maximum atomic E-state index is 12.2. The first-order valence-corrected chi connectivity index (χ1v) is 6.48. The van der Waals surface area contributed by atoms with Gasteiger partial charge in [-0.15, -0.1) is 0 Å². The molecule has 0 radical (unpaired) electrons. The molecule has 0 aromatic carbocycles. The van der Waals surface area contributed by atoms with Gasteiger partial charge in [-0.2, -0.15) is 0 Å². The predicted octanol–water partition coefficient (Wildman–Crippen LogP) is 1.44. The van der Waals surface area contributed by atoms with E-state index in [0.29, 0.717) is 24.7 Å². The minimum absolute atomic E-state index is 0.183.